The Labute approximate surface area is 163 Å². The third-order valence-electron chi connectivity index (χ3n) is 4.23. The van der Waals surface area contributed by atoms with Gasteiger partial charge in [-0.3, -0.25) is 9.59 Å². The molecule has 1 fully saturated rings. The van der Waals surface area contributed by atoms with Crippen LogP contribution in [0.5, 0.6) is 0 Å². The predicted octanol–water partition coefficient (Wildman–Crippen LogP) is 3.11. The number of hydrogen-bond donors (Lipinski definition) is 1. The molecule has 0 radical (unpaired) electrons. The van der Waals surface area contributed by atoms with E-state index in [1.807, 2.05) is 24.3 Å². The minimum absolute atomic E-state index is 0.199. The van der Waals surface area contributed by atoms with Crippen molar-refractivity contribution < 1.29 is 9.53 Å². The molecule has 1 atom stereocenters. The van der Waals surface area contributed by atoms with Gasteiger partial charge in [-0.2, -0.15) is 0 Å². The van der Waals surface area contributed by atoms with Crippen molar-refractivity contribution in [3.05, 3.63) is 63.5 Å². The van der Waals surface area contributed by atoms with Gasteiger partial charge in [0, 0.05) is 18.4 Å². The Morgan fingerprint density at radius 3 is 2.93 bits per heavy atom. The van der Waals surface area contributed by atoms with E-state index in [1.54, 1.807) is 17.4 Å². The number of para-hydroxylation sites is 1. The highest BCUT2D eigenvalue weighted by molar-refractivity contribution is 8.00. The average Bonchev–Trinajstić information content (AvgIpc) is 3.23. The first-order chi connectivity index (χ1) is 13.1. The Morgan fingerprint density at radius 1 is 1.33 bits per heavy atom. The topological polar surface area (TPSA) is 84.9 Å². The molecule has 0 spiro atoms. The first kappa shape index (κ1) is 17.9. The minimum atomic E-state index is -0.325. The molecule has 138 valence electrons. The first-order valence-corrected chi connectivity index (χ1v) is 10.2. The molecule has 4 rings (SSSR count). The number of H-pyrrole nitrogens is 1. The van der Waals surface area contributed by atoms with E-state index in [2.05, 4.69) is 21.5 Å². The van der Waals surface area contributed by atoms with Crippen molar-refractivity contribution >= 4 is 39.3 Å². The van der Waals surface area contributed by atoms with Crippen molar-refractivity contribution in [2.45, 2.75) is 29.7 Å². The maximum Gasteiger partial charge on any atom is 0.319 e. The van der Waals surface area contributed by atoms with Crippen molar-refractivity contribution in [3.8, 4) is 0 Å². The molecule has 3 heterocycles. The molecular weight excluding hydrogens is 382 g/mol. The largest absolute Gasteiger partial charge is 0.465 e. The van der Waals surface area contributed by atoms with Gasteiger partial charge in [-0.05, 0) is 18.6 Å². The van der Waals surface area contributed by atoms with Crippen LogP contribution < -0.4 is 5.56 Å². The van der Waals surface area contributed by atoms with Crippen LogP contribution in [-0.4, -0.2) is 32.8 Å². The van der Waals surface area contributed by atoms with Crippen LogP contribution in [0.4, 0.5) is 0 Å². The first-order valence-electron chi connectivity index (χ1n) is 8.54. The fourth-order valence-corrected chi connectivity index (χ4v) is 4.87. The van der Waals surface area contributed by atoms with Crippen LogP contribution in [0.3, 0.4) is 0 Å². The number of allylic oxidation sites excluding steroid dienone is 1. The van der Waals surface area contributed by atoms with E-state index in [4.69, 9.17) is 4.74 Å². The number of esters is 1. The summed E-state index contributed by atoms with van der Waals surface area (Å²) in [7, 11) is 0. The fraction of sp³-hybridized carbons (Fsp3) is 0.263. The van der Waals surface area contributed by atoms with E-state index >= 15 is 0 Å². The van der Waals surface area contributed by atoms with E-state index in [9.17, 15) is 9.59 Å². The number of fused-ring (bicyclic) bond motifs is 1. The summed E-state index contributed by atoms with van der Waals surface area (Å²) < 4.78 is 6.09. The lowest BCUT2D eigenvalue weighted by atomic mass is 10.1. The van der Waals surface area contributed by atoms with Crippen molar-refractivity contribution in [3.63, 3.8) is 0 Å². The molecule has 0 saturated carbocycles. The maximum absolute atomic E-state index is 12.6. The number of thiazole rings is 1. The Morgan fingerprint density at radius 2 is 2.19 bits per heavy atom. The maximum atomic E-state index is 12.6. The lowest BCUT2D eigenvalue weighted by Crippen LogP contribution is -2.20. The van der Waals surface area contributed by atoms with Crippen LogP contribution >= 0.6 is 23.1 Å². The van der Waals surface area contributed by atoms with Crippen LogP contribution in [0.2, 0.25) is 0 Å². The van der Waals surface area contributed by atoms with E-state index in [0.29, 0.717) is 42.3 Å². The average molecular weight is 399 g/mol. The van der Waals surface area contributed by atoms with E-state index in [-0.39, 0.29) is 16.8 Å². The van der Waals surface area contributed by atoms with Gasteiger partial charge in [0.25, 0.3) is 5.56 Å². The monoisotopic (exact) mass is 399 g/mol. The Bertz CT molecular complexity index is 1040. The summed E-state index contributed by atoms with van der Waals surface area (Å²) in [5.41, 5.74) is 2.00. The zero-order valence-electron chi connectivity index (χ0n) is 14.4. The summed E-state index contributed by atoms with van der Waals surface area (Å²) in [6.07, 6.45) is 3.21. The van der Waals surface area contributed by atoms with Crippen molar-refractivity contribution in [1.82, 2.24) is 15.0 Å². The number of carbonyl (C=O) groups excluding carboxylic acids is 1. The normalized spacial score (nSPS) is 16.6. The van der Waals surface area contributed by atoms with E-state index < -0.39 is 0 Å². The van der Waals surface area contributed by atoms with Crippen LogP contribution in [-0.2, 0) is 22.4 Å². The molecular formula is C19H17N3O3S2. The summed E-state index contributed by atoms with van der Waals surface area (Å²) in [5, 5.41) is 1.01. The molecule has 6 nitrogen and oxygen atoms in total. The second-order valence-corrected chi connectivity index (χ2v) is 8.41. The predicted molar refractivity (Wildman–Crippen MR) is 106 cm³/mol. The van der Waals surface area contributed by atoms with Crippen LogP contribution in [0.15, 0.2) is 46.9 Å². The minimum Gasteiger partial charge on any atom is -0.465 e. The molecule has 0 amide bonds. The number of nitrogens with one attached hydrogen (secondary N) is 1. The van der Waals surface area contributed by atoms with Gasteiger partial charge in [0.1, 0.15) is 5.25 Å². The summed E-state index contributed by atoms with van der Waals surface area (Å²) in [4.78, 5) is 36.4. The fourth-order valence-electron chi connectivity index (χ4n) is 2.94. The van der Waals surface area contributed by atoms with Gasteiger partial charge in [0.05, 0.1) is 27.5 Å². The Kier molecular flexibility index (Phi) is 5.09. The van der Waals surface area contributed by atoms with E-state index in [1.165, 1.54) is 11.8 Å². The molecule has 1 unspecified atom stereocenters. The SMILES string of the molecule is C=CCc1c(Cc2nc3ccccc3s2)nc(SC2CCOC2=O)[nH]c1=O. The molecule has 1 aromatic carbocycles. The molecule has 27 heavy (non-hydrogen) atoms. The van der Waals surface area contributed by atoms with E-state index in [0.717, 1.165) is 15.2 Å². The molecule has 0 bridgehead atoms. The summed E-state index contributed by atoms with van der Waals surface area (Å²) in [6, 6.07) is 7.93. The number of cyclic esters (lactones) is 1. The molecule has 1 N–H and O–H groups in total. The van der Waals surface area contributed by atoms with Gasteiger partial charge < -0.3 is 9.72 Å². The third-order valence-corrected chi connectivity index (χ3v) is 6.39. The van der Waals surface area contributed by atoms with Crippen molar-refractivity contribution in [1.29, 1.82) is 0 Å². The number of thioether (sulfide) groups is 1. The summed E-state index contributed by atoms with van der Waals surface area (Å²) in [5.74, 6) is -0.259. The van der Waals surface area contributed by atoms with Gasteiger partial charge in [-0.25, -0.2) is 9.97 Å². The highest BCUT2D eigenvalue weighted by atomic mass is 32.2. The van der Waals surface area contributed by atoms with Gasteiger partial charge >= 0.3 is 5.97 Å². The number of aromatic amines is 1. The number of benzene rings is 1. The molecule has 1 aliphatic rings. The molecule has 3 aromatic rings. The number of carbonyl (C=O) groups is 1. The Balaban J connectivity index is 1.68. The molecule has 2 aromatic heterocycles. The quantitative estimate of drug-likeness (QED) is 0.389. The zero-order chi connectivity index (χ0) is 18.8. The van der Waals surface area contributed by atoms with Gasteiger partial charge in [0.15, 0.2) is 5.16 Å². The zero-order valence-corrected chi connectivity index (χ0v) is 16.1. The lowest BCUT2D eigenvalue weighted by Gasteiger charge is -2.09. The third kappa shape index (κ3) is 3.81. The standard InChI is InChI=1S/C19H17N3O3S2/c1-2-5-11-13(10-16-20-12-6-3-4-7-14(12)26-16)21-19(22-17(11)23)27-15-8-9-25-18(15)24/h2-4,6-7,15H,1,5,8-10H2,(H,21,22,23). The molecule has 0 aliphatic carbocycles. The van der Waals surface area contributed by atoms with Gasteiger partial charge in [-0.1, -0.05) is 30.0 Å². The smallest absolute Gasteiger partial charge is 0.319 e. The van der Waals surface area contributed by atoms with Gasteiger partial charge in [0.2, 0.25) is 0 Å². The molecule has 1 aliphatic heterocycles. The Hall–Kier alpha value is -2.45. The van der Waals surface area contributed by atoms with Crippen molar-refractivity contribution in [2.75, 3.05) is 6.61 Å². The van der Waals surface area contributed by atoms with Crippen LogP contribution in [0, 0.1) is 0 Å². The number of rotatable bonds is 6. The number of nitrogens with zero attached hydrogens (tertiary/aromatic N) is 2. The summed E-state index contributed by atoms with van der Waals surface area (Å²) >= 11 is 2.84. The van der Waals surface area contributed by atoms with Gasteiger partial charge in [-0.15, -0.1) is 17.9 Å². The summed E-state index contributed by atoms with van der Waals surface area (Å²) in [6.45, 7) is 4.15. The number of ether oxygens (including phenoxy) is 1. The highest BCUT2D eigenvalue weighted by Gasteiger charge is 2.28. The van der Waals surface area contributed by atoms with Crippen molar-refractivity contribution in [2.24, 2.45) is 0 Å². The van der Waals surface area contributed by atoms with Crippen LogP contribution in [0.1, 0.15) is 22.7 Å². The number of hydrogen-bond acceptors (Lipinski definition) is 7. The molecule has 8 heteroatoms. The van der Waals surface area contributed by atoms with Crippen LogP contribution in [0.25, 0.3) is 10.2 Å². The number of aromatic nitrogens is 3. The molecule has 1 saturated heterocycles. The highest BCUT2D eigenvalue weighted by Crippen LogP contribution is 2.28. The second-order valence-electron chi connectivity index (χ2n) is 6.10. The second kappa shape index (κ2) is 7.66. The lowest BCUT2D eigenvalue weighted by molar-refractivity contribution is -0.137.